The molecule has 1 N–H and O–H groups in total. The molecular weight excluding hydrogens is 278 g/mol. The van der Waals surface area contributed by atoms with Crippen LogP contribution >= 0.6 is 0 Å². The van der Waals surface area contributed by atoms with Gasteiger partial charge in [-0.3, -0.25) is 4.68 Å². The van der Waals surface area contributed by atoms with Gasteiger partial charge in [0.15, 0.2) is 0 Å². The van der Waals surface area contributed by atoms with Crippen LogP contribution in [0.5, 0.6) is 0 Å². The third kappa shape index (κ3) is 3.59. The molecule has 0 spiro atoms. The van der Waals surface area contributed by atoms with Crippen molar-refractivity contribution < 1.29 is 13.5 Å². The van der Waals surface area contributed by atoms with Crippen molar-refractivity contribution in [2.75, 3.05) is 19.3 Å². The zero-order valence-electron chi connectivity index (χ0n) is 12.3. The second-order valence-electron chi connectivity index (χ2n) is 5.72. The average Bonchev–Trinajstić information content (AvgIpc) is 2.68. The molecule has 1 fully saturated rings. The Bertz CT molecular complexity index is 567. The number of sulfonamides is 1. The molecule has 7 heteroatoms. The Hall–Kier alpha value is -0.920. The lowest BCUT2D eigenvalue weighted by Crippen LogP contribution is -2.39. The predicted octanol–water partition coefficient (Wildman–Crippen LogP) is 0.824. The normalized spacial score (nSPS) is 22.9. The maximum atomic E-state index is 11.6. The standard InChI is InChI=1S/C13H23N3O3S/c1-10-12(9-15(2)14-10)13(17)7-11-5-4-6-16(8-11)20(3,18)19/h9,11,13,17H,4-8H2,1-3H3. The summed E-state index contributed by atoms with van der Waals surface area (Å²) in [4.78, 5) is 0. The second kappa shape index (κ2) is 5.83. The Morgan fingerprint density at radius 1 is 1.55 bits per heavy atom. The van der Waals surface area contributed by atoms with Gasteiger partial charge in [-0.05, 0) is 32.1 Å². The molecular formula is C13H23N3O3S. The Morgan fingerprint density at radius 2 is 2.25 bits per heavy atom. The SMILES string of the molecule is Cc1nn(C)cc1C(O)CC1CCCN(S(C)(=O)=O)C1. The quantitative estimate of drug-likeness (QED) is 0.893. The first-order valence-electron chi connectivity index (χ1n) is 6.90. The van der Waals surface area contributed by atoms with E-state index in [2.05, 4.69) is 5.10 Å². The number of nitrogens with zero attached hydrogens (tertiary/aromatic N) is 3. The lowest BCUT2D eigenvalue weighted by atomic mass is 9.91. The van der Waals surface area contributed by atoms with Gasteiger partial charge in [0.05, 0.1) is 18.1 Å². The van der Waals surface area contributed by atoms with Crippen molar-refractivity contribution in [2.24, 2.45) is 13.0 Å². The van der Waals surface area contributed by atoms with Crippen LogP contribution in [0.3, 0.4) is 0 Å². The van der Waals surface area contributed by atoms with Gasteiger partial charge in [0.25, 0.3) is 0 Å². The van der Waals surface area contributed by atoms with Crippen LogP contribution in [0.4, 0.5) is 0 Å². The molecule has 1 aromatic rings. The van der Waals surface area contributed by atoms with E-state index < -0.39 is 16.1 Å². The minimum atomic E-state index is -3.13. The van der Waals surface area contributed by atoms with Crippen LogP contribution in [0.25, 0.3) is 0 Å². The molecule has 1 saturated heterocycles. The molecule has 2 atom stereocenters. The molecule has 1 aliphatic rings. The van der Waals surface area contributed by atoms with E-state index in [4.69, 9.17) is 0 Å². The van der Waals surface area contributed by atoms with Gasteiger partial charge >= 0.3 is 0 Å². The summed E-state index contributed by atoms with van der Waals surface area (Å²) < 4.78 is 26.4. The molecule has 1 aromatic heterocycles. The van der Waals surface area contributed by atoms with Crippen molar-refractivity contribution in [2.45, 2.75) is 32.3 Å². The number of hydrogen-bond donors (Lipinski definition) is 1. The van der Waals surface area contributed by atoms with Crippen LogP contribution in [-0.2, 0) is 17.1 Å². The van der Waals surface area contributed by atoms with Gasteiger partial charge in [0, 0.05) is 31.9 Å². The van der Waals surface area contributed by atoms with E-state index in [9.17, 15) is 13.5 Å². The molecule has 0 amide bonds. The average molecular weight is 301 g/mol. The molecule has 2 rings (SSSR count). The lowest BCUT2D eigenvalue weighted by molar-refractivity contribution is 0.122. The molecule has 0 radical (unpaired) electrons. The van der Waals surface area contributed by atoms with E-state index in [0.29, 0.717) is 19.5 Å². The van der Waals surface area contributed by atoms with Crippen molar-refractivity contribution in [1.29, 1.82) is 0 Å². The smallest absolute Gasteiger partial charge is 0.211 e. The number of aliphatic hydroxyl groups is 1. The van der Waals surface area contributed by atoms with Crippen molar-refractivity contribution in [3.63, 3.8) is 0 Å². The second-order valence-corrected chi connectivity index (χ2v) is 7.71. The number of rotatable bonds is 4. The summed E-state index contributed by atoms with van der Waals surface area (Å²) in [5.41, 5.74) is 1.67. The monoisotopic (exact) mass is 301 g/mol. The number of hydrogen-bond acceptors (Lipinski definition) is 4. The molecule has 6 nitrogen and oxygen atoms in total. The predicted molar refractivity (Wildman–Crippen MR) is 76.7 cm³/mol. The highest BCUT2D eigenvalue weighted by Crippen LogP contribution is 2.29. The fourth-order valence-corrected chi connectivity index (χ4v) is 3.85. The molecule has 1 aliphatic heterocycles. The first kappa shape index (κ1) is 15.5. The number of aromatic nitrogens is 2. The van der Waals surface area contributed by atoms with Crippen molar-refractivity contribution in [3.8, 4) is 0 Å². The van der Waals surface area contributed by atoms with Gasteiger partial charge < -0.3 is 5.11 Å². The van der Waals surface area contributed by atoms with Crippen LogP contribution in [0, 0.1) is 12.8 Å². The Labute approximate surface area is 120 Å². The lowest BCUT2D eigenvalue weighted by Gasteiger charge is -2.31. The van der Waals surface area contributed by atoms with Gasteiger partial charge in [-0.1, -0.05) is 0 Å². The van der Waals surface area contributed by atoms with Crippen molar-refractivity contribution >= 4 is 10.0 Å². The zero-order chi connectivity index (χ0) is 14.9. The highest BCUT2D eigenvalue weighted by atomic mass is 32.2. The van der Waals surface area contributed by atoms with Gasteiger partial charge in [0.2, 0.25) is 10.0 Å². The molecule has 0 aromatic carbocycles. The van der Waals surface area contributed by atoms with Crippen molar-refractivity contribution in [1.82, 2.24) is 14.1 Å². The highest BCUT2D eigenvalue weighted by Gasteiger charge is 2.28. The van der Waals surface area contributed by atoms with Crippen LogP contribution < -0.4 is 0 Å². The summed E-state index contributed by atoms with van der Waals surface area (Å²) in [6, 6.07) is 0. The fourth-order valence-electron chi connectivity index (χ4n) is 2.91. The van der Waals surface area contributed by atoms with Crippen molar-refractivity contribution in [3.05, 3.63) is 17.5 Å². The molecule has 2 unspecified atom stereocenters. The fraction of sp³-hybridized carbons (Fsp3) is 0.769. The summed E-state index contributed by atoms with van der Waals surface area (Å²) in [6.07, 6.45) is 4.90. The van der Waals surface area contributed by atoms with Gasteiger partial charge in [0.1, 0.15) is 0 Å². The largest absolute Gasteiger partial charge is 0.388 e. The summed E-state index contributed by atoms with van der Waals surface area (Å²) in [5.74, 6) is 0.202. The molecule has 20 heavy (non-hydrogen) atoms. The molecule has 2 heterocycles. The van der Waals surface area contributed by atoms with Crippen LogP contribution in [0.15, 0.2) is 6.20 Å². The number of piperidine rings is 1. The third-order valence-corrected chi connectivity index (χ3v) is 5.19. The van der Waals surface area contributed by atoms with Crippen LogP contribution in [-0.4, -0.2) is 47.0 Å². The van der Waals surface area contributed by atoms with E-state index in [1.54, 1.807) is 4.68 Å². The first-order chi connectivity index (χ1) is 9.27. The number of aryl methyl sites for hydroxylation is 2. The van der Waals surface area contributed by atoms with E-state index in [1.165, 1.54) is 10.6 Å². The highest BCUT2D eigenvalue weighted by molar-refractivity contribution is 7.88. The Morgan fingerprint density at radius 3 is 2.80 bits per heavy atom. The Balaban J connectivity index is 2.01. The van der Waals surface area contributed by atoms with Gasteiger partial charge in [-0.25, -0.2) is 12.7 Å². The van der Waals surface area contributed by atoms with E-state index >= 15 is 0 Å². The van der Waals surface area contributed by atoms with Crippen LogP contribution in [0.1, 0.15) is 36.6 Å². The molecule has 114 valence electrons. The topological polar surface area (TPSA) is 75.4 Å². The third-order valence-electron chi connectivity index (χ3n) is 3.92. The maximum absolute atomic E-state index is 11.6. The van der Waals surface area contributed by atoms with E-state index in [0.717, 1.165) is 24.1 Å². The molecule has 0 aliphatic carbocycles. The first-order valence-corrected chi connectivity index (χ1v) is 8.75. The summed E-state index contributed by atoms with van der Waals surface area (Å²) in [6.45, 7) is 2.98. The Kier molecular flexibility index (Phi) is 4.51. The zero-order valence-corrected chi connectivity index (χ0v) is 13.1. The minimum Gasteiger partial charge on any atom is -0.388 e. The van der Waals surface area contributed by atoms with Crippen LogP contribution in [0.2, 0.25) is 0 Å². The van der Waals surface area contributed by atoms with Gasteiger partial charge in [-0.2, -0.15) is 5.10 Å². The maximum Gasteiger partial charge on any atom is 0.211 e. The summed E-state index contributed by atoms with van der Waals surface area (Å²) in [7, 11) is -1.30. The number of aliphatic hydroxyl groups excluding tert-OH is 1. The van der Waals surface area contributed by atoms with E-state index in [-0.39, 0.29) is 5.92 Å². The van der Waals surface area contributed by atoms with Gasteiger partial charge in [-0.15, -0.1) is 0 Å². The molecule has 0 saturated carbocycles. The molecule has 0 bridgehead atoms. The van der Waals surface area contributed by atoms with E-state index in [1.807, 2.05) is 20.2 Å². The summed E-state index contributed by atoms with van der Waals surface area (Å²) >= 11 is 0. The summed E-state index contributed by atoms with van der Waals surface area (Å²) in [5, 5.41) is 14.6. The minimum absolute atomic E-state index is 0.202.